The molecule has 82 valence electrons. The molecule has 5 nitrogen and oxygen atoms in total. The number of carbonyl (C=O) groups is 1. The number of nitrogen functional groups attached to an aromatic ring is 1. The number of aromatic nitrogens is 3. The van der Waals surface area contributed by atoms with E-state index in [2.05, 4.69) is 10.1 Å². The number of rotatable bonds is 2. The third-order valence-corrected chi connectivity index (χ3v) is 2.25. The van der Waals surface area contributed by atoms with Gasteiger partial charge in [0.05, 0.1) is 5.56 Å². The first-order chi connectivity index (χ1) is 7.58. The van der Waals surface area contributed by atoms with Crippen LogP contribution < -0.4 is 5.73 Å². The topological polar surface area (TPSA) is 73.8 Å². The fraction of sp³-hybridized carbons (Fsp3) is 0.182. The van der Waals surface area contributed by atoms with Crippen LogP contribution in [0.5, 0.6) is 0 Å². The van der Waals surface area contributed by atoms with Crippen molar-refractivity contribution in [2.75, 3.05) is 5.73 Å². The summed E-state index contributed by atoms with van der Waals surface area (Å²) >= 11 is 0. The summed E-state index contributed by atoms with van der Waals surface area (Å²) < 4.78 is 1.58. The van der Waals surface area contributed by atoms with Crippen molar-refractivity contribution in [2.24, 2.45) is 7.05 Å². The number of aryl methyl sites for hydroxylation is 2. The molecule has 2 aromatic heterocycles. The minimum absolute atomic E-state index is 0.200. The maximum Gasteiger partial charge on any atom is 0.216 e. The Labute approximate surface area is 92.9 Å². The van der Waals surface area contributed by atoms with E-state index in [1.807, 2.05) is 6.92 Å². The number of nitrogens with two attached hydrogens (primary N) is 1. The maximum absolute atomic E-state index is 12.0. The van der Waals surface area contributed by atoms with Gasteiger partial charge in [0.25, 0.3) is 0 Å². The highest BCUT2D eigenvalue weighted by Gasteiger charge is 2.15. The zero-order chi connectivity index (χ0) is 11.7. The van der Waals surface area contributed by atoms with Crippen molar-refractivity contribution in [3.63, 3.8) is 0 Å². The van der Waals surface area contributed by atoms with Crippen LogP contribution in [0.1, 0.15) is 21.6 Å². The second kappa shape index (κ2) is 3.77. The third-order valence-electron chi connectivity index (χ3n) is 2.25. The lowest BCUT2D eigenvalue weighted by atomic mass is 10.1. The van der Waals surface area contributed by atoms with Crippen molar-refractivity contribution in [3.05, 3.63) is 41.3 Å². The van der Waals surface area contributed by atoms with Gasteiger partial charge in [-0.3, -0.25) is 9.48 Å². The predicted octanol–water partition coefficient (Wildman–Crippen LogP) is 0.937. The predicted molar refractivity (Wildman–Crippen MR) is 60.0 cm³/mol. The lowest BCUT2D eigenvalue weighted by Crippen LogP contribution is -2.08. The summed E-state index contributed by atoms with van der Waals surface area (Å²) in [5.74, 6) is 0.0375. The van der Waals surface area contributed by atoms with Gasteiger partial charge in [-0.15, -0.1) is 0 Å². The summed E-state index contributed by atoms with van der Waals surface area (Å²) in [6, 6.07) is 3.38. The lowest BCUT2D eigenvalue weighted by Gasteiger charge is -2.02. The Bertz CT molecular complexity index is 545. The van der Waals surface area contributed by atoms with Gasteiger partial charge in [-0.2, -0.15) is 5.10 Å². The molecule has 0 aromatic carbocycles. The molecular weight excluding hydrogens is 204 g/mol. The first-order valence-corrected chi connectivity index (χ1v) is 4.84. The zero-order valence-electron chi connectivity index (χ0n) is 9.14. The molecule has 0 atom stereocenters. The number of nitrogens with zero attached hydrogens (tertiary/aromatic N) is 3. The lowest BCUT2D eigenvalue weighted by molar-refractivity contribution is 0.103. The fourth-order valence-corrected chi connectivity index (χ4v) is 1.44. The average Bonchev–Trinajstić information content (AvgIpc) is 2.67. The van der Waals surface area contributed by atoms with E-state index in [9.17, 15) is 4.79 Å². The zero-order valence-corrected chi connectivity index (χ0v) is 9.14. The molecule has 0 saturated carbocycles. The first kappa shape index (κ1) is 10.4. The quantitative estimate of drug-likeness (QED) is 0.758. The molecule has 2 rings (SSSR count). The van der Waals surface area contributed by atoms with Crippen LogP contribution in [-0.4, -0.2) is 20.5 Å². The Morgan fingerprint density at radius 2 is 2.25 bits per heavy atom. The van der Waals surface area contributed by atoms with Crippen LogP contribution in [0.15, 0.2) is 24.5 Å². The smallest absolute Gasteiger partial charge is 0.216 e. The minimum Gasteiger partial charge on any atom is -0.383 e. The van der Waals surface area contributed by atoms with Gasteiger partial charge in [0.2, 0.25) is 5.78 Å². The summed E-state index contributed by atoms with van der Waals surface area (Å²) in [6.45, 7) is 1.86. The minimum atomic E-state index is -0.200. The van der Waals surface area contributed by atoms with Gasteiger partial charge in [-0.1, -0.05) is 0 Å². The molecule has 0 bridgehead atoms. The van der Waals surface area contributed by atoms with Gasteiger partial charge < -0.3 is 5.73 Å². The number of carbonyl (C=O) groups excluding carboxylic acids is 1. The monoisotopic (exact) mass is 216 g/mol. The highest BCUT2D eigenvalue weighted by Crippen LogP contribution is 2.14. The molecule has 0 amide bonds. The Morgan fingerprint density at radius 1 is 1.50 bits per heavy atom. The summed E-state index contributed by atoms with van der Waals surface area (Å²) in [7, 11) is 1.76. The van der Waals surface area contributed by atoms with Crippen LogP contribution in [0.2, 0.25) is 0 Å². The molecule has 0 radical (unpaired) electrons. The second-order valence-corrected chi connectivity index (χ2v) is 3.65. The van der Waals surface area contributed by atoms with Crippen LogP contribution >= 0.6 is 0 Å². The Hall–Kier alpha value is -2.17. The fourth-order valence-electron chi connectivity index (χ4n) is 1.44. The summed E-state index contributed by atoms with van der Waals surface area (Å²) in [4.78, 5) is 16.0. The summed E-state index contributed by atoms with van der Waals surface area (Å²) in [5, 5.41) is 4.04. The number of anilines is 1. The molecule has 2 heterocycles. The number of ketones is 1. The van der Waals surface area contributed by atoms with Crippen LogP contribution in [0.4, 0.5) is 5.82 Å². The van der Waals surface area contributed by atoms with E-state index in [0.717, 1.165) is 5.56 Å². The van der Waals surface area contributed by atoms with Crippen molar-refractivity contribution in [1.82, 2.24) is 14.8 Å². The van der Waals surface area contributed by atoms with Crippen LogP contribution in [0, 0.1) is 6.92 Å². The van der Waals surface area contributed by atoms with Crippen LogP contribution in [0.3, 0.4) is 0 Å². The molecule has 0 unspecified atom stereocenters. The summed E-state index contributed by atoms with van der Waals surface area (Å²) in [6.07, 6.45) is 3.34. The standard InChI is InChI=1S/C11H12N4O/c1-7-5-8(11(12)13-6-7)10(16)9-3-4-15(2)14-9/h3-6H,1-2H3,(H2,12,13). The Balaban J connectivity index is 2.45. The largest absolute Gasteiger partial charge is 0.383 e. The molecular formula is C11H12N4O. The number of hydrogen-bond donors (Lipinski definition) is 1. The van der Waals surface area contributed by atoms with Gasteiger partial charge >= 0.3 is 0 Å². The second-order valence-electron chi connectivity index (χ2n) is 3.65. The van der Waals surface area contributed by atoms with Gasteiger partial charge in [-0.05, 0) is 24.6 Å². The molecule has 0 aliphatic rings. The highest BCUT2D eigenvalue weighted by molar-refractivity contribution is 6.10. The van der Waals surface area contributed by atoms with Gasteiger partial charge in [0, 0.05) is 19.4 Å². The normalized spacial score (nSPS) is 10.4. The average molecular weight is 216 g/mol. The van der Waals surface area contributed by atoms with Crippen molar-refractivity contribution in [2.45, 2.75) is 6.92 Å². The van der Waals surface area contributed by atoms with Crippen molar-refractivity contribution in [3.8, 4) is 0 Å². The van der Waals surface area contributed by atoms with Crippen LogP contribution in [-0.2, 0) is 7.05 Å². The van der Waals surface area contributed by atoms with Gasteiger partial charge in [0.15, 0.2) is 0 Å². The highest BCUT2D eigenvalue weighted by atomic mass is 16.1. The molecule has 2 aromatic rings. The third kappa shape index (κ3) is 1.79. The van der Waals surface area contributed by atoms with E-state index < -0.39 is 0 Å². The van der Waals surface area contributed by atoms with E-state index in [1.54, 1.807) is 36.3 Å². The van der Waals surface area contributed by atoms with E-state index in [4.69, 9.17) is 5.73 Å². The molecule has 0 aliphatic heterocycles. The SMILES string of the molecule is Cc1cnc(N)c(C(=O)c2ccn(C)n2)c1. The van der Waals surface area contributed by atoms with Gasteiger partial charge in [-0.25, -0.2) is 4.98 Å². The molecule has 0 saturated heterocycles. The maximum atomic E-state index is 12.0. The van der Waals surface area contributed by atoms with E-state index in [-0.39, 0.29) is 11.6 Å². The molecule has 16 heavy (non-hydrogen) atoms. The molecule has 0 aliphatic carbocycles. The Morgan fingerprint density at radius 3 is 2.88 bits per heavy atom. The molecule has 2 N–H and O–H groups in total. The first-order valence-electron chi connectivity index (χ1n) is 4.84. The van der Waals surface area contributed by atoms with Crippen molar-refractivity contribution >= 4 is 11.6 Å². The Kier molecular flexibility index (Phi) is 2.44. The van der Waals surface area contributed by atoms with E-state index >= 15 is 0 Å². The molecule has 0 spiro atoms. The van der Waals surface area contributed by atoms with Gasteiger partial charge in [0.1, 0.15) is 11.5 Å². The molecule has 5 heteroatoms. The van der Waals surface area contributed by atoms with Crippen molar-refractivity contribution < 1.29 is 4.79 Å². The van der Waals surface area contributed by atoms with E-state index in [1.165, 1.54) is 0 Å². The summed E-state index contributed by atoms with van der Waals surface area (Å²) in [5.41, 5.74) is 7.34. The molecule has 0 fully saturated rings. The van der Waals surface area contributed by atoms with Crippen molar-refractivity contribution in [1.29, 1.82) is 0 Å². The van der Waals surface area contributed by atoms with E-state index in [0.29, 0.717) is 11.3 Å². The van der Waals surface area contributed by atoms with Crippen LogP contribution in [0.25, 0.3) is 0 Å². The number of hydrogen-bond acceptors (Lipinski definition) is 4. The number of pyridine rings is 1.